The summed E-state index contributed by atoms with van der Waals surface area (Å²) < 4.78 is 7.50. The SMILES string of the molecule is [C-]#[N+]c1cc2c(-c3cccc(C)c3C)cn(-c3ccc(OC)cc3)c2cc1C. The van der Waals surface area contributed by atoms with Gasteiger partial charge in [0.05, 0.1) is 19.2 Å². The highest BCUT2D eigenvalue weighted by Crippen LogP contribution is 2.38. The largest absolute Gasteiger partial charge is 0.497 e. The van der Waals surface area contributed by atoms with E-state index in [4.69, 9.17) is 11.3 Å². The summed E-state index contributed by atoms with van der Waals surface area (Å²) >= 11 is 0. The maximum atomic E-state index is 7.53. The maximum Gasteiger partial charge on any atom is 0.190 e. The normalized spacial score (nSPS) is 10.8. The second-order valence-corrected chi connectivity index (χ2v) is 7.13. The van der Waals surface area contributed by atoms with Crippen LogP contribution in [-0.4, -0.2) is 11.7 Å². The van der Waals surface area contributed by atoms with Crippen LogP contribution in [0.25, 0.3) is 32.6 Å². The molecule has 3 heteroatoms. The van der Waals surface area contributed by atoms with Gasteiger partial charge in [-0.1, -0.05) is 18.2 Å². The summed E-state index contributed by atoms with van der Waals surface area (Å²) in [5, 5.41) is 1.10. The fraction of sp³-hybridized carbons (Fsp3) is 0.160. The molecule has 0 aliphatic heterocycles. The fourth-order valence-electron chi connectivity index (χ4n) is 3.70. The minimum Gasteiger partial charge on any atom is -0.497 e. The van der Waals surface area contributed by atoms with Crippen LogP contribution in [0.2, 0.25) is 0 Å². The molecule has 138 valence electrons. The van der Waals surface area contributed by atoms with Gasteiger partial charge in [-0.15, -0.1) is 0 Å². The van der Waals surface area contributed by atoms with Gasteiger partial charge in [0.25, 0.3) is 0 Å². The molecule has 28 heavy (non-hydrogen) atoms. The molecule has 0 atom stereocenters. The van der Waals surface area contributed by atoms with Crippen molar-refractivity contribution in [1.82, 2.24) is 4.57 Å². The second-order valence-electron chi connectivity index (χ2n) is 7.13. The van der Waals surface area contributed by atoms with E-state index >= 15 is 0 Å². The van der Waals surface area contributed by atoms with Gasteiger partial charge in [0.2, 0.25) is 0 Å². The Morgan fingerprint density at radius 2 is 1.64 bits per heavy atom. The second kappa shape index (κ2) is 6.90. The van der Waals surface area contributed by atoms with Gasteiger partial charge in [-0.3, -0.25) is 0 Å². The molecule has 4 aromatic rings. The average Bonchev–Trinajstić information content (AvgIpc) is 3.07. The Kier molecular flexibility index (Phi) is 4.41. The first-order valence-electron chi connectivity index (χ1n) is 9.27. The Balaban J connectivity index is 2.05. The van der Waals surface area contributed by atoms with E-state index in [0.29, 0.717) is 5.69 Å². The van der Waals surface area contributed by atoms with E-state index in [1.165, 1.54) is 16.7 Å². The van der Waals surface area contributed by atoms with Crippen LogP contribution in [0.1, 0.15) is 16.7 Å². The summed E-state index contributed by atoms with van der Waals surface area (Å²) in [5.41, 5.74) is 8.74. The molecule has 0 saturated heterocycles. The van der Waals surface area contributed by atoms with E-state index in [1.54, 1.807) is 7.11 Å². The van der Waals surface area contributed by atoms with Crippen molar-refractivity contribution in [2.75, 3.05) is 7.11 Å². The zero-order valence-electron chi connectivity index (χ0n) is 16.6. The number of hydrogen-bond donors (Lipinski definition) is 0. The van der Waals surface area contributed by atoms with Crippen LogP contribution in [-0.2, 0) is 0 Å². The van der Waals surface area contributed by atoms with Crippen LogP contribution < -0.4 is 4.74 Å². The van der Waals surface area contributed by atoms with Gasteiger partial charge in [0.15, 0.2) is 5.69 Å². The summed E-state index contributed by atoms with van der Waals surface area (Å²) in [6.45, 7) is 13.8. The zero-order chi connectivity index (χ0) is 19.8. The van der Waals surface area contributed by atoms with Crippen LogP contribution in [0, 0.1) is 27.3 Å². The lowest BCUT2D eigenvalue weighted by Gasteiger charge is -2.08. The van der Waals surface area contributed by atoms with Gasteiger partial charge in [0.1, 0.15) is 5.75 Å². The molecule has 0 spiro atoms. The van der Waals surface area contributed by atoms with E-state index in [1.807, 2.05) is 25.1 Å². The monoisotopic (exact) mass is 366 g/mol. The average molecular weight is 366 g/mol. The maximum absolute atomic E-state index is 7.53. The van der Waals surface area contributed by atoms with Gasteiger partial charge in [-0.25, -0.2) is 4.85 Å². The molecule has 0 amide bonds. The summed E-state index contributed by atoms with van der Waals surface area (Å²) in [7, 11) is 1.67. The third-order valence-corrected chi connectivity index (χ3v) is 5.49. The van der Waals surface area contributed by atoms with E-state index in [2.05, 4.69) is 65.9 Å². The molecule has 1 aromatic heterocycles. The first-order chi connectivity index (χ1) is 13.5. The molecule has 4 rings (SSSR count). The lowest BCUT2D eigenvalue weighted by Crippen LogP contribution is -1.92. The Morgan fingerprint density at radius 3 is 2.32 bits per heavy atom. The summed E-state index contributed by atoms with van der Waals surface area (Å²) in [5.74, 6) is 0.835. The number of fused-ring (bicyclic) bond motifs is 1. The van der Waals surface area contributed by atoms with E-state index in [-0.39, 0.29) is 0 Å². The highest BCUT2D eigenvalue weighted by molar-refractivity contribution is 6.00. The van der Waals surface area contributed by atoms with Crippen LogP contribution >= 0.6 is 0 Å². The van der Waals surface area contributed by atoms with Crippen molar-refractivity contribution in [2.24, 2.45) is 0 Å². The molecule has 0 fully saturated rings. The van der Waals surface area contributed by atoms with Crippen molar-refractivity contribution in [1.29, 1.82) is 0 Å². The Labute approximate surface area is 165 Å². The number of hydrogen-bond acceptors (Lipinski definition) is 1. The van der Waals surface area contributed by atoms with Gasteiger partial charge in [0, 0.05) is 17.4 Å². The fourth-order valence-corrected chi connectivity index (χ4v) is 3.70. The van der Waals surface area contributed by atoms with Crippen molar-refractivity contribution >= 4 is 16.6 Å². The first kappa shape index (κ1) is 17.9. The molecule has 3 aromatic carbocycles. The summed E-state index contributed by atoms with van der Waals surface area (Å²) in [6, 6.07) is 18.6. The minimum absolute atomic E-state index is 0.700. The van der Waals surface area contributed by atoms with Crippen molar-refractivity contribution in [2.45, 2.75) is 20.8 Å². The highest BCUT2D eigenvalue weighted by Gasteiger charge is 2.16. The lowest BCUT2D eigenvalue weighted by molar-refractivity contribution is 0.415. The molecule has 0 aliphatic carbocycles. The standard InChI is InChI=1S/C25H22N2O/c1-16-7-6-8-21(18(16)3)23-15-27(19-9-11-20(28-5)12-10-19)25-13-17(2)24(26-4)14-22(23)25/h6-15H,1-3,5H3. The molecule has 0 unspecified atom stereocenters. The number of methoxy groups -OCH3 is 1. The summed E-state index contributed by atoms with van der Waals surface area (Å²) in [6.07, 6.45) is 2.18. The number of aryl methyl sites for hydroxylation is 2. The van der Waals surface area contributed by atoms with Crippen LogP contribution in [0.5, 0.6) is 5.75 Å². The van der Waals surface area contributed by atoms with E-state index in [0.717, 1.165) is 33.5 Å². The zero-order valence-corrected chi connectivity index (χ0v) is 16.6. The van der Waals surface area contributed by atoms with Crippen LogP contribution in [0.3, 0.4) is 0 Å². The number of benzene rings is 3. The molecule has 1 heterocycles. The van der Waals surface area contributed by atoms with Crippen molar-refractivity contribution < 1.29 is 4.74 Å². The van der Waals surface area contributed by atoms with Crippen LogP contribution in [0.4, 0.5) is 5.69 Å². The molecule has 0 bridgehead atoms. The molecule has 0 saturated carbocycles. The topological polar surface area (TPSA) is 18.5 Å². The van der Waals surface area contributed by atoms with Gasteiger partial charge >= 0.3 is 0 Å². The Morgan fingerprint density at radius 1 is 0.893 bits per heavy atom. The molecule has 0 radical (unpaired) electrons. The van der Waals surface area contributed by atoms with Gasteiger partial charge in [-0.2, -0.15) is 0 Å². The predicted octanol–water partition coefficient (Wildman–Crippen LogP) is 6.78. The van der Waals surface area contributed by atoms with Crippen molar-refractivity contribution in [3.8, 4) is 22.6 Å². The van der Waals surface area contributed by atoms with Crippen molar-refractivity contribution in [3.63, 3.8) is 0 Å². The molecular weight excluding hydrogens is 344 g/mol. The molecule has 0 aliphatic rings. The van der Waals surface area contributed by atoms with Crippen LogP contribution in [0.15, 0.2) is 60.8 Å². The number of rotatable bonds is 3. The number of nitrogens with zero attached hydrogens (tertiary/aromatic N) is 2. The third kappa shape index (κ3) is 2.84. The minimum atomic E-state index is 0.700. The Bertz CT molecular complexity index is 1220. The number of aromatic nitrogens is 1. The van der Waals surface area contributed by atoms with Crippen molar-refractivity contribution in [3.05, 3.63) is 88.9 Å². The Hall–Kier alpha value is -3.51. The summed E-state index contributed by atoms with van der Waals surface area (Å²) in [4.78, 5) is 3.72. The van der Waals surface area contributed by atoms with Gasteiger partial charge in [-0.05, 0) is 84.8 Å². The number of ether oxygens (including phenoxy) is 1. The first-order valence-corrected chi connectivity index (χ1v) is 9.27. The molecule has 0 N–H and O–H groups in total. The highest BCUT2D eigenvalue weighted by atomic mass is 16.5. The third-order valence-electron chi connectivity index (χ3n) is 5.49. The quantitative estimate of drug-likeness (QED) is 0.365. The molecular formula is C25H22N2O. The lowest BCUT2D eigenvalue weighted by atomic mass is 9.96. The van der Waals surface area contributed by atoms with E-state index in [9.17, 15) is 0 Å². The van der Waals surface area contributed by atoms with Gasteiger partial charge < -0.3 is 9.30 Å². The molecule has 3 nitrogen and oxygen atoms in total. The predicted molar refractivity (Wildman–Crippen MR) is 116 cm³/mol. The smallest absolute Gasteiger partial charge is 0.190 e. The van der Waals surface area contributed by atoms with E-state index < -0.39 is 0 Å².